The molecular formula is C20H28N4O. The third kappa shape index (κ3) is 3.70. The number of hydrogen-bond acceptors (Lipinski definition) is 4. The predicted molar refractivity (Wildman–Crippen MR) is 102 cm³/mol. The van der Waals surface area contributed by atoms with Gasteiger partial charge in [-0.15, -0.1) is 0 Å². The van der Waals surface area contributed by atoms with Crippen LogP contribution < -0.4 is 4.90 Å². The van der Waals surface area contributed by atoms with Crippen LogP contribution in [0, 0.1) is 5.92 Å². The monoisotopic (exact) mass is 340 g/mol. The van der Waals surface area contributed by atoms with Gasteiger partial charge in [-0.3, -0.25) is 4.68 Å². The summed E-state index contributed by atoms with van der Waals surface area (Å²) in [6.07, 6.45) is 2.87. The Morgan fingerprint density at radius 2 is 2.16 bits per heavy atom. The van der Waals surface area contributed by atoms with Gasteiger partial charge in [0.25, 0.3) is 0 Å². The van der Waals surface area contributed by atoms with Crippen molar-refractivity contribution in [3.05, 3.63) is 47.4 Å². The first-order chi connectivity index (χ1) is 12.0. The Hall–Kier alpha value is -2.30. The van der Waals surface area contributed by atoms with Crippen LogP contribution in [0.15, 0.2) is 24.8 Å². The number of rotatable bonds is 6. The van der Waals surface area contributed by atoms with Gasteiger partial charge in [-0.25, -0.2) is 4.98 Å². The maximum Gasteiger partial charge on any atom is 0.133 e. The van der Waals surface area contributed by atoms with Crippen LogP contribution in [0.3, 0.4) is 0 Å². The van der Waals surface area contributed by atoms with E-state index in [9.17, 15) is 5.11 Å². The molecular weight excluding hydrogens is 312 g/mol. The number of nitrogens with zero attached hydrogens (tertiary/aromatic N) is 4. The molecule has 0 spiro atoms. The van der Waals surface area contributed by atoms with E-state index >= 15 is 0 Å². The molecule has 1 unspecified atom stereocenters. The minimum atomic E-state index is 0.0629. The molecule has 0 saturated carbocycles. The van der Waals surface area contributed by atoms with Gasteiger partial charge in [0.2, 0.25) is 0 Å². The predicted octanol–water partition coefficient (Wildman–Crippen LogP) is 3.83. The second-order valence-corrected chi connectivity index (χ2v) is 6.93. The first kappa shape index (κ1) is 17.5. The van der Waals surface area contributed by atoms with Gasteiger partial charge < -0.3 is 10.0 Å². The van der Waals surface area contributed by atoms with Crippen LogP contribution in [-0.4, -0.2) is 33.0 Å². The highest BCUT2D eigenvalue weighted by Crippen LogP contribution is 2.24. The van der Waals surface area contributed by atoms with E-state index in [1.807, 2.05) is 13.0 Å². The number of aromatic nitrogens is 3. The highest BCUT2D eigenvalue weighted by atomic mass is 16.3. The lowest BCUT2D eigenvalue weighted by Crippen LogP contribution is -2.21. The maximum atomic E-state index is 9.72. The van der Waals surface area contributed by atoms with Crippen molar-refractivity contribution in [3.63, 3.8) is 0 Å². The average molecular weight is 340 g/mol. The number of aryl methyl sites for hydroxylation is 2. The summed E-state index contributed by atoms with van der Waals surface area (Å²) in [7, 11) is 0. The lowest BCUT2D eigenvalue weighted by molar-refractivity contribution is 0.497. The molecule has 3 rings (SSSR count). The summed E-state index contributed by atoms with van der Waals surface area (Å²) in [5, 5.41) is 14.3. The third-order valence-corrected chi connectivity index (χ3v) is 4.93. The molecule has 134 valence electrons. The molecule has 1 aliphatic heterocycles. The highest BCUT2D eigenvalue weighted by molar-refractivity contribution is 5.53. The molecule has 1 aliphatic rings. The molecule has 1 saturated heterocycles. The van der Waals surface area contributed by atoms with E-state index in [1.165, 1.54) is 12.0 Å². The third-order valence-electron chi connectivity index (χ3n) is 4.93. The van der Waals surface area contributed by atoms with Gasteiger partial charge in [-0.2, -0.15) is 5.10 Å². The SMILES string of the molecule is C=C(O)c1cc(Cc2ccc(N3CCC(C)C3)nc2CC)nn1CC. The Morgan fingerprint density at radius 1 is 1.36 bits per heavy atom. The lowest BCUT2D eigenvalue weighted by Gasteiger charge is -2.19. The van der Waals surface area contributed by atoms with Gasteiger partial charge in [0.05, 0.1) is 5.69 Å². The average Bonchev–Trinajstić information content (AvgIpc) is 3.21. The van der Waals surface area contributed by atoms with Crippen molar-refractivity contribution in [2.75, 3.05) is 18.0 Å². The Balaban J connectivity index is 1.84. The summed E-state index contributed by atoms with van der Waals surface area (Å²) in [6, 6.07) is 6.24. The van der Waals surface area contributed by atoms with E-state index in [0.29, 0.717) is 12.2 Å². The molecule has 1 N–H and O–H groups in total. The summed E-state index contributed by atoms with van der Waals surface area (Å²) in [5.74, 6) is 1.90. The Labute approximate surface area is 150 Å². The zero-order valence-electron chi connectivity index (χ0n) is 15.5. The van der Waals surface area contributed by atoms with E-state index in [0.717, 1.165) is 49.1 Å². The van der Waals surface area contributed by atoms with Crippen LogP contribution >= 0.6 is 0 Å². The fraction of sp³-hybridized carbons (Fsp3) is 0.500. The maximum absolute atomic E-state index is 9.72. The summed E-state index contributed by atoms with van der Waals surface area (Å²) in [4.78, 5) is 7.29. The van der Waals surface area contributed by atoms with E-state index in [1.54, 1.807) is 4.68 Å². The van der Waals surface area contributed by atoms with Crippen molar-refractivity contribution in [3.8, 4) is 0 Å². The summed E-state index contributed by atoms with van der Waals surface area (Å²) in [5.41, 5.74) is 3.96. The topological polar surface area (TPSA) is 54.2 Å². The van der Waals surface area contributed by atoms with E-state index in [-0.39, 0.29) is 5.76 Å². The van der Waals surface area contributed by atoms with Gasteiger partial charge in [0, 0.05) is 31.7 Å². The zero-order chi connectivity index (χ0) is 18.0. The van der Waals surface area contributed by atoms with Crippen LogP contribution in [0.2, 0.25) is 0 Å². The van der Waals surface area contributed by atoms with Gasteiger partial charge >= 0.3 is 0 Å². The lowest BCUT2D eigenvalue weighted by atomic mass is 10.1. The van der Waals surface area contributed by atoms with Crippen LogP contribution in [-0.2, 0) is 19.4 Å². The quantitative estimate of drug-likeness (QED) is 0.812. The number of anilines is 1. The second-order valence-electron chi connectivity index (χ2n) is 6.93. The van der Waals surface area contributed by atoms with E-state index < -0.39 is 0 Å². The van der Waals surface area contributed by atoms with Gasteiger partial charge in [-0.05, 0) is 43.4 Å². The summed E-state index contributed by atoms with van der Waals surface area (Å²) < 4.78 is 1.79. The van der Waals surface area contributed by atoms with Gasteiger partial charge in [0.1, 0.15) is 17.3 Å². The molecule has 0 radical (unpaired) electrons. The van der Waals surface area contributed by atoms with Crippen LogP contribution in [0.4, 0.5) is 5.82 Å². The van der Waals surface area contributed by atoms with Crippen molar-refractivity contribution >= 4 is 11.6 Å². The molecule has 0 bridgehead atoms. The fourth-order valence-corrected chi connectivity index (χ4v) is 3.53. The Bertz CT molecular complexity index is 765. The number of hydrogen-bond donors (Lipinski definition) is 1. The molecule has 1 atom stereocenters. The number of aliphatic hydroxyl groups excluding tert-OH is 1. The minimum Gasteiger partial charge on any atom is -0.506 e. The molecule has 0 amide bonds. The van der Waals surface area contributed by atoms with Crippen molar-refractivity contribution in [2.45, 2.75) is 46.6 Å². The normalized spacial score (nSPS) is 17.2. The molecule has 2 aromatic heterocycles. The van der Waals surface area contributed by atoms with Crippen LogP contribution in [0.25, 0.3) is 5.76 Å². The van der Waals surface area contributed by atoms with Crippen molar-refractivity contribution in [1.82, 2.24) is 14.8 Å². The first-order valence-electron chi connectivity index (χ1n) is 9.20. The first-order valence-corrected chi connectivity index (χ1v) is 9.20. The van der Waals surface area contributed by atoms with E-state index in [2.05, 4.69) is 42.6 Å². The Kier molecular flexibility index (Phi) is 5.11. The van der Waals surface area contributed by atoms with E-state index in [4.69, 9.17) is 4.98 Å². The van der Waals surface area contributed by atoms with Crippen molar-refractivity contribution in [1.29, 1.82) is 0 Å². The van der Waals surface area contributed by atoms with Crippen LogP contribution in [0.1, 0.15) is 49.8 Å². The molecule has 1 fully saturated rings. The molecule has 2 aromatic rings. The molecule has 3 heterocycles. The largest absolute Gasteiger partial charge is 0.506 e. The molecule has 5 heteroatoms. The second kappa shape index (κ2) is 7.30. The van der Waals surface area contributed by atoms with Crippen molar-refractivity contribution < 1.29 is 5.11 Å². The van der Waals surface area contributed by atoms with Gasteiger partial charge in [-0.1, -0.05) is 26.5 Å². The summed E-state index contributed by atoms with van der Waals surface area (Å²) >= 11 is 0. The molecule has 0 aromatic carbocycles. The number of pyridine rings is 1. The Morgan fingerprint density at radius 3 is 2.72 bits per heavy atom. The standard InChI is InChI=1S/C20H28N4O/c1-5-18-16(7-8-20(21-18)23-10-9-14(3)13-23)11-17-12-19(15(4)25)24(6-2)22-17/h7-8,12,14,25H,4-6,9-11,13H2,1-3H3. The smallest absolute Gasteiger partial charge is 0.133 e. The minimum absolute atomic E-state index is 0.0629. The zero-order valence-corrected chi connectivity index (χ0v) is 15.5. The van der Waals surface area contributed by atoms with Gasteiger partial charge in [0.15, 0.2) is 0 Å². The molecule has 5 nitrogen and oxygen atoms in total. The molecule has 0 aliphatic carbocycles. The number of aliphatic hydroxyl groups is 1. The summed E-state index contributed by atoms with van der Waals surface area (Å²) in [6.45, 7) is 13.0. The molecule has 25 heavy (non-hydrogen) atoms. The fourth-order valence-electron chi connectivity index (χ4n) is 3.53. The van der Waals surface area contributed by atoms with Crippen LogP contribution in [0.5, 0.6) is 0 Å². The van der Waals surface area contributed by atoms with Crippen molar-refractivity contribution in [2.24, 2.45) is 5.92 Å². The highest BCUT2D eigenvalue weighted by Gasteiger charge is 2.20.